The Balaban J connectivity index is 2.71. The van der Waals surface area contributed by atoms with Crippen LogP contribution >= 0.6 is 11.8 Å². The highest BCUT2D eigenvalue weighted by Crippen LogP contribution is 2.21. The van der Waals surface area contributed by atoms with Gasteiger partial charge in [-0.3, -0.25) is 14.4 Å². The average Bonchev–Trinajstić information content (AvgIpc) is 2.81. The maximum Gasteiger partial charge on any atom is 0.327 e. The lowest BCUT2D eigenvalue weighted by molar-refractivity contribution is -0.143. The fourth-order valence-electron chi connectivity index (χ4n) is 2.92. The van der Waals surface area contributed by atoms with Crippen molar-refractivity contribution in [3.63, 3.8) is 0 Å². The highest BCUT2D eigenvalue weighted by molar-refractivity contribution is 7.99. The Labute approximate surface area is 215 Å². The molecule has 0 unspecified atom stereocenters. The van der Waals surface area contributed by atoms with Gasteiger partial charge in [-0.2, -0.15) is 11.8 Å². The van der Waals surface area contributed by atoms with Gasteiger partial charge < -0.3 is 37.4 Å². The van der Waals surface area contributed by atoms with E-state index in [0.29, 0.717) is 11.3 Å². The number of amides is 2. The van der Waals surface area contributed by atoms with Crippen LogP contribution in [0, 0.1) is 0 Å². The molecule has 0 saturated carbocycles. The van der Waals surface area contributed by atoms with Gasteiger partial charge in [-0.15, -0.1) is 0 Å². The summed E-state index contributed by atoms with van der Waals surface area (Å²) < 4.78 is 0. The van der Waals surface area contributed by atoms with E-state index in [1.54, 1.807) is 12.1 Å². The molecule has 37 heavy (non-hydrogen) atoms. The summed E-state index contributed by atoms with van der Waals surface area (Å²) in [6, 6.07) is 2.36. The molecule has 0 radical (unpaired) electrons. The number of carboxylic acids is 3. The van der Waals surface area contributed by atoms with Crippen LogP contribution in [0.5, 0.6) is 0 Å². The highest BCUT2D eigenvalue weighted by atomic mass is 32.2. The monoisotopic (exact) mass is 539 g/mol. The van der Waals surface area contributed by atoms with Crippen LogP contribution in [0.15, 0.2) is 29.4 Å². The first-order valence-electron chi connectivity index (χ1n) is 10.8. The summed E-state index contributed by atoms with van der Waals surface area (Å²) in [6.07, 6.45) is -0.797. The van der Waals surface area contributed by atoms with E-state index in [1.807, 2.05) is 0 Å². The first-order valence-corrected chi connectivity index (χ1v) is 12.0. The molecular formula is C21H29N7O8S. The fourth-order valence-corrected chi connectivity index (χ4v) is 4.09. The molecule has 15 nitrogen and oxygen atoms in total. The minimum atomic E-state index is -1.76. The zero-order chi connectivity index (χ0) is 28.2. The van der Waals surface area contributed by atoms with Crippen LogP contribution in [0.2, 0.25) is 0 Å². The fraction of sp³-hybridized carbons (Fsp3) is 0.476. The smallest absolute Gasteiger partial charge is 0.327 e. The molecule has 0 aliphatic heterocycles. The molecule has 202 valence electrons. The number of carbonyl (C=O) groups is 5. The van der Waals surface area contributed by atoms with Crippen LogP contribution < -0.4 is 22.1 Å². The van der Waals surface area contributed by atoms with Crippen molar-refractivity contribution in [1.29, 1.82) is 0 Å². The summed E-state index contributed by atoms with van der Waals surface area (Å²) in [7, 11) is 0. The van der Waals surface area contributed by atoms with E-state index < -0.39 is 59.8 Å². The van der Waals surface area contributed by atoms with Gasteiger partial charge in [-0.05, 0) is 24.4 Å². The van der Waals surface area contributed by atoms with Gasteiger partial charge in [-0.1, -0.05) is 29.4 Å². The van der Waals surface area contributed by atoms with E-state index in [0.717, 1.165) is 11.8 Å². The Morgan fingerprint density at radius 1 is 1.08 bits per heavy atom. The number of hydrogen-bond acceptors (Lipinski definition) is 9. The van der Waals surface area contributed by atoms with Crippen molar-refractivity contribution in [2.75, 3.05) is 11.5 Å². The predicted molar refractivity (Wildman–Crippen MR) is 133 cm³/mol. The van der Waals surface area contributed by atoms with E-state index >= 15 is 0 Å². The first kappa shape index (κ1) is 31.2. The van der Waals surface area contributed by atoms with Crippen molar-refractivity contribution in [3.8, 4) is 0 Å². The molecule has 0 heterocycles. The topological polar surface area (TPSA) is 271 Å². The SMILES string of the molecule is C[C@H](N)C(=O)N[C@H](CCC(=O)N[C@@H](CSC[C@](N)(Cc1ccc(N=[N+]=[N-])cc1)C(=O)O)C(=O)O)C(=O)O. The van der Waals surface area contributed by atoms with Crippen molar-refractivity contribution in [1.82, 2.24) is 10.6 Å². The van der Waals surface area contributed by atoms with Crippen LogP contribution in [-0.2, 0) is 30.4 Å². The van der Waals surface area contributed by atoms with Crippen molar-refractivity contribution >= 4 is 47.2 Å². The third kappa shape index (κ3) is 10.7. The quantitative estimate of drug-likeness (QED) is 0.0830. The molecule has 1 aromatic carbocycles. The van der Waals surface area contributed by atoms with Gasteiger partial charge in [0.05, 0.1) is 6.04 Å². The van der Waals surface area contributed by atoms with Gasteiger partial charge in [0, 0.05) is 34.9 Å². The molecule has 1 rings (SSSR count). The van der Waals surface area contributed by atoms with Crippen molar-refractivity contribution < 1.29 is 39.3 Å². The molecule has 1 aromatic rings. The van der Waals surface area contributed by atoms with Crippen molar-refractivity contribution in [2.45, 2.75) is 49.9 Å². The number of hydrogen-bond donors (Lipinski definition) is 7. The minimum Gasteiger partial charge on any atom is -0.480 e. The molecule has 0 bridgehead atoms. The Bertz CT molecular complexity index is 1050. The molecule has 0 spiro atoms. The lowest BCUT2D eigenvalue weighted by Crippen LogP contribution is -2.53. The zero-order valence-electron chi connectivity index (χ0n) is 19.9. The standard InChI is InChI=1S/C21H29N7O8S/c1-11(22)17(30)26-14(18(31)32)6-7-16(29)25-15(19(33)34)9-37-10-21(23,20(35)36)8-12-2-4-13(5-3-12)27-28-24/h2-5,11,14-15H,6-10,22-23H2,1H3,(H,25,29)(H,26,30)(H,31,32)(H,33,34)(H,35,36)/t11-,14+,15-,21+/m0/s1. The number of nitrogens with two attached hydrogens (primary N) is 2. The second kappa shape index (κ2) is 14.6. The molecule has 9 N–H and O–H groups in total. The molecule has 2 amide bonds. The number of nitrogens with one attached hydrogen (secondary N) is 2. The largest absolute Gasteiger partial charge is 0.480 e. The lowest BCUT2D eigenvalue weighted by Gasteiger charge is -2.25. The Kier molecular flexibility index (Phi) is 12.3. The third-order valence-electron chi connectivity index (χ3n) is 5.01. The average molecular weight is 540 g/mol. The van der Waals surface area contributed by atoms with Crippen LogP contribution in [0.4, 0.5) is 5.69 Å². The second-order valence-corrected chi connectivity index (χ2v) is 9.22. The van der Waals surface area contributed by atoms with Crippen LogP contribution in [0.3, 0.4) is 0 Å². The number of carboxylic acid groups (broad SMARTS) is 3. The summed E-state index contributed by atoms with van der Waals surface area (Å²) in [4.78, 5) is 61.2. The van der Waals surface area contributed by atoms with Gasteiger partial charge >= 0.3 is 17.9 Å². The molecule has 16 heteroatoms. The van der Waals surface area contributed by atoms with Crippen molar-refractivity contribution in [2.24, 2.45) is 16.6 Å². The number of rotatable bonds is 16. The van der Waals surface area contributed by atoms with Gasteiger partial charge in [0.15, 0.2) is 0 Å². The van der Waals surface area contributed by atoms with Crippen LogP contribution in [-0.4, -0.2) is 80.2 Å². The Morgan fingerprint density at radius 2 is 1.68 bits per heavy atom. The summed E-state index contributed by atoms with van der Waals surface area (Å²) in [5.41, 5.74) is 19.0. The molecule has 0 aliphatic rings. The first-order chi connectivity index (χ1) is 17.3. The second-order valence-electron chi connectivity index (χ2n) is 8.19. The van der Waals surface area contributed by atoms with Gasteiger partial charge in [0.2, 0.25) is 11.8 Å². The zero-order valence-corrected chi connectivity index (χ0v) is 20.7. The molecule has 4 atom stereocenters. The molecule has 0 aromatic heterocycles. The molecule has 0 aliphatic carbocycles. The third-order valence-corrected chi connectivity index (χ3v) is 6.30. The summed E-state index contributed by atoms with van der Waals surface area (Å²) in [5, 5.41) is 36.1. The molecule has 0 saturated heterocycles. The Hall–Kier alpha value is -3.85. The number of carbonyl (C=O) groups excluding carboxylic acids is 2. The van der Waals surface area contributed by atoms with Gasteiger partial charge in [-0.25, -0.2) is 9.59 Å². The number of benzene rings is 1. The molecular weight excluding hydrogens is 510 g/mol. The minimum absolute atomic E-state index is 0.0975. The summed E-state index contributed by atoms with van der Waals surface area (Å²) in [6.45, 7) is 1.36. The number of thioether (sulfide) groups is 1. The maximum atomic E-state index is 12.2. The molecule has 0 fully saturated rings. The predicted octanol–water partition coefficient (Wildman–Crippen LogP) is -0.0476. The lowest BCUT2D eigenvalue weighted by atomic mass is 9.94. The number of nitrogens with zero attached hydrogens (tertiary/aromatic N) is 3. The van der Waals surface area contributed by atoms with E-state index in [-0.39, 0.29) is 24.3 Å². The van der Waals surface area contributed by atoms with E-state index in [2.05, 4.69) is 20.7 Å². The highest BCUT2D eigenvalue weighted by Gasteiger charge is 2.35. The normalized spacial score (nSPS) is 14.7. The van der Waals surface area contributed by atoms with E-state index in [9.17, 15) is 39.3 Å². The maximum absolute atomic E-state index is 12.2. The summed E-state index contributed by atoms with van der Waals surface area (Å²) in [5.74, 6) is -5.98. The van der Waals surface area contributed by atoms with E-state index in [1.165, 1.54) is 19.1 Å². The van der Waals surface area contributed by atoms with Gasteiger partial charge in [0.1, 0.15) is 17.6 Å². The summed E-state index contributed by atoms with van der Waals surface area (Å²) >= 11 is 0.905. The Morgan fingerprint density at radius 3 is 2.16 bits per heavy atom. The number of azide groups is 1. The van der Waals surface area contributed by atoms with Crippen molar-refractivity contribution in [3.05, 3.63) is 40.3 Å². The van der Waals surface area contributed by atoms with Crippen LogP contribution in [0.1, 0.15) is 25.3 Å². The number of aliphatic carboxylic acids is 3. The van der Waals surface area contributed by atoms with E-state index in [4.69, 9.17) is 17.0 Å². The van der Waals surface area contributed by atoms with Crippen LogP contribution in [0.25, 0.3) is 10.4 Å². The van der Waals surface area contributed by atoms with Gasteiger partial charge in [0.25, 0.3) is 0 Å².